The largest absolute Gasteiger partial charge is 0.383 e. The van der Waals surface area contributed by atoms with Crippen LogP contribution in [0.4, 0.5) is 5.69 Å². The minimum atomic E-state index is -0.280. The second kappa shape index (κ2) is 8.90. The van der Waals surface area contributed by atoms with Gasteiger partial charge in [0.2, 0.25) is 5.91 Å². The van der Waals surface area contributed by atoms with Gasteiger partial charge in [0.25, 0.3) is 5.91 Å². The Morgan fingerprint density at radius 1 is 1.15 bits per heavy atom. The smallest absolute Gasteiger partial charge is 0.253 e. The van der Waals surface area contributed by atoms with E-state index < -0.39 is 0 Å². The molecule has 0 atom stereocenters. The first-order chi connectivity index (χ1) is 9.69. The highest BCUT2D eigenvalue weighted by Crippen LogP contribution is 2.12. The summed E-state index contributed by atoms with van der Waals surface area (Å²) in [6.45, 7) is 5.38. The Balaban J connectivity index is 2.56. The van der Waals surface area contributed by atoms with Gasteiger partial charge in [0.15, 0.2) is 0 Å². The number of aromatic nitrogens is 1. The maximum absolute atomic E-state index is 12.0. The molecule has 2 amide bonds. The van der Waals surface area contributed by atoms with Crippen molar-refractivity contribution >= 4 is 17.5 Å². The molecule has 0 unspecified atom stereocenters. The van der Waals surface area contributed by atoms with E-state index in [0.29, 0.717) is 17.8 Å². The van der Waals surface area contributed by atoms with Crippen LogP contribution in [-0.4, -0.2) is 36.4 Å². The molecule has 0 aliphatic heterocycles. The van der Waals surface area contributed by atoms with Crippen LogP contribution in [-0.2, 0) is 4.79 Å². The monoisotopic (exact) mass is 278 g/mol. The van der Waals surface area contributed by atoms with Gasteiger partial charge in [-0.2, -0.15) is 0 Å². The second-order valence-corrected chi connectivity index (χ2v) is 4.38. The van der Waals surface area contributed by atoms with E-state index in [1.807, 2.05) is 13.8 Å². The molecule has 0 saturated heterocycles. The summed E-state index contributed by atoms with van der Waals surface area (Å²) >= 11 is 0. The highest BCUT2D eigenvalue weighted by Gasteiger charge is 2.12. The molecule has 0 aliphatic carbocycles. The van der Waals surface area contributed by atoms with Gasteiger partial charge in [-0.3, -0.25) is 14.6 Å². The SMILES string of the molecule is CCCNC(=O)CNC(=O)c1ccncc1NCCC. The number of hydrogen-bond acceptors (Lipinski definition) is 4. The summed E-state index contributed by atoms with van der Waals surface area (Å²) in [6.07, 6.45) is 5.00. The third kappa shape index (κ3) is 5.26. The molecule has 1 aromatic rings. The van der Waals surface area contributed by atoms with E-state index in [1.54, 1.807) is 18.5 Å². The number of amides is 2. The lowest BCUT2D eigenvalue weighted by Crippen LogP contribution is -2.37. The Morgan fingerprint density at radius 3 is 2.60 bits per heavy atom. The second-order valence-electron chi connectivity index (χ2n) is 4.38. The number of carbonyl (C=O) groups excluding carboxylic acids is 2. The molecular weight excluding hydrogens is 256 g/mol. The van der Waals surface area contributed by atoms with Crippen LogP contribution >= 0.6 is 0 Å². The quantitative estimate of drug-likeness (QED) is 0.666. The number of hydrogen-bond donors (Lipinski definition) is 3. The fraction of sp³-hybridized carbons (Fsp3) is 0.500. The predicted octanol–water partition coefficient (Wildman–Crippen LogP) is 1.16. The van der Waals surface area contributed by atoms with Crippen molar-refractivity contribution in [1.82, 2.24) is 15.6 Å². The van der Waals surface area contributed by atoms with Crippen molar-refractivity contribution in [2.24, 2.45) is 0 Å². The van der Waals surface area contributed by atoms with Gasteiger partial charge in [0.1, 0.15) is 0 Å². The van der Waals surface area contributed by atoms with Crippen molar-refractivity contribution in [2.75, 3.05) is 25.0 Å². The fourth-order valence-electron chi connectivity index (χ4n) is 1.58. The lowest BCUT2D eigenvalue weighted by atomic mass is 10.2. The Kier molecular flexibility index (Phi) is 7.10. The zero-order chi connectivity index (χ0) is 14.8. The van der Waals surface area contributed by atoms with Gasteiger partial charge in [-0.05, 0) is 18.9 Å². The molecule has 1 aromatic heterocycles. The summed E-state index contributed by atoms with van der Waals surface area (Å²) in [5, 5.41) is 8.45. The summed E-state index contributed by atoms with van der Waals surface area (Å²) in [5.41, 5.74) is 1.18. The van der Waals surface area contributed by atoms with Gasteiger partial charge >= 0.3 is 0 Å². The van der Waals surface area contributed by atoms with E-state index in [-0.39, 0.29) is 18.4 Å². The first-order valence-corrected chi connectivity index (χ1v) is 6.91. The van der Waals surface area contributed by atoms with Crippen molar-refractivity contribution in [3.63, 3.8) is 0 Å². The fourth-order valence-corrected chi connectivity index (χ4v) is 1.58. The van der Waals surface area contributed by atoms with Crippen LogP contribution < -0.4 is 16.0 Å². The average molecular weight is 278 g/mol. The van der Waals surface area contributed by atoms with E-state index in [2.05, 4.69) is 20.9 Å². The first-order valence-electron chi connectivity index (χ1n) is 6.91. The standard InChI is InChI=1S/C14H22N4O2/c1-3-6-16-12-9-15-8-5-11(12)14(20)18-10-13(19)17-7-4-2/h5,8-9,16H,3-4,6-7,10H2,1-2H3,(H,17,19)(H,18,20). The average Bonchev–Trinajstić information content (AvgIpc) is 2.48. The molecule has 110 valence electrons. The van der Waals surface area contributed by atoms with E-state index in [1.165, 1.54) is 0 Å². The molecule has 0 saturated carbocycles. The Morgan fingerprint density at radius 2 is 1.90 bits per heavy atom. The molecule has 3 N–H and O–H groups in total. The van der Waals surface area contributed by atoms with E-state index >= 15 is 0 Å². The lowest BCUT2D eigenvalue weighted by molar-refractivity contribution is -0.120. The van der Waals surface area contributed by atoms with Gasteiger partial charge in [0, 0.05) is 19.3 Å². The summed E-state index contributed by atoms with van der Waals surface area (Å²) < 4.78 is 0. The Bertz CT molecular complexity index is 449. The highest BCUT2D eigenvalue weighted by atomic mass is 16.2. The normalized spacial score (nSPS) is 9.90. The van der Waals surface area contributed by atoms with Crippen LogP contribution in [0, 0.1) is 0 Å². The zero-order valence-corrected chi connectivity index (χ0v) is 12.0. The molecule has 6 heteroatoms. The number of anilines is 1. The molecule has 1 rings (SSSR count). The zero-order valence-electron chi connectivity index (χ0n) is 12.0. The van der Waals surface area contributed by atoms with Crippen molar-refractivity contribution in [1.29, 1.82) is 0 Å². The van der Waals surface area contributed by atoms with Gasteiger partial charge in [-0.15, -0.1) is 0 Å². The van der Waals surface area contributed by atoms with Crippen LogP contribution in [0.1, 0.15) is 37.0 Å². The maximum Gasteiger partial charge on any atom is 0.253 e. The molecule has 0 fully saturated rings. The number of nitrogens with zero attached hydrogens (tertiary/aromatic N) is 1. The Labute approximate surface area is 119 Å². The summed E-state index contributed by atoms with van der Waals surface area (Å²) in [6, 6.07) is 1.64. The molecule has 0 aromatic carbocycles. The van der Waals surface area contributed by atoms with Crippen LogP contribution in [0.2, 0.25) is 0 Å². The van der Waals surface area contributed by atoms with Crippen LogP contribution in [0.15, 0.2) is 18.5 Å². The molecule has 0 aliphatic rings. The number of carbonyl (C=O) groups is 2. The van der Waals surface area contributed by atoms with Crippen LogP contribution in [0.25, 0.3) is 0 Å². The topological polar surface area (TPSA) is 83.1 Å². The van der Waals surface area contributed by atoms with Gasteiger partial charge in [-0.1, -0.05) is 13.8 Å². The Hall–Kier alpha value is -2.11. The first kappa shape index (κ1) is 15.9. The number of rotatable bonds is 8. The number of pyridine rings is 1. The molecule has 0 spiro atoms. The van der Waals surface area contributed by atoms with Crippen molar-refractivity contribution in [3.8, 4) is 0 Å². The highest BCUT2D eigenvalue weighted by molar-refractivity contribution is 6.00. The molecule has 0 bridgehead atoms. The third-order valence-electron chi connectivity index (χ3n) is 2.61. The molecule has 20 heavy (non-hydrogen) atoms. The maximum atomic E-state index is 12.0. The molecule has 1 heterocycles. The van der Waals surface area contributed by atoms with Gasteiger partial charge in [0.05, 0.1) is 24.0 Å². The molecular formula is C14H22N4O2. The van der Waals surface area contributed by atoms with Gasteiger partial charge in [-0.25, -0.2) is 0 Å². The van der Waals surface area contributed by atoms with Crippen molar-refractivity contribution in [3.05, 3.63) is 24.0 Å². The minimum Gasteiger partial charge on any atom is -0.383 e. The lowest BCUT2D eigenvalue weighted by Gasteiger charge is -2.11. The van der Waals surface area contributed by atoms with Crippen molar-refractivity contribution in [2.45, 2.75) is 26.7 Å². The third-order valence-corrected chi connectivity index (χ3v) is 2.61. The van der Waals surface area contributed by atoms with Crippen LogP contribution in [0.3, 0.4) is 0 Å². The molecule has 6 nitrogen and oxygen atoms in total. The van der Waals surface area contributed by atoms with E-state index in [0.717, 1.165) is 19.4 Å². The van der Waals surface area contributed by atoms with Crippen LogP contribution in [0.5, 0.6) is 0 Å². The summed E-state index contributed by atoms with van der Waals surface area (Å²) in [5.74, 6) is -0.463. The molecule has 0 radical (unpaired) electrons. The van der Waals surface area contributed by atoms with Crippen molar-refractivity contribution < 1.29 is 9.59 Å². The predicted molar refractivity (Wildman–Crippen MR) is 78.7 cm³/mol. The summed E-state index contributed by atoms with van der Waals surface area (Å²) in [4.78, 5) is 27.5. The summed E-state index contributed by atoms with van der Waals surface area (Å²) in [7, 11) is 0. The number of nitrogens with one attached hydrogen (secondary N) is 3. The van der Waals surface area contributed by atoms with E-state index in [4.69, 9.17) is 0 Å². The minimum absolute atomic E-state index is 0.0195. The van der Waals surface area contributed by atoms with Gasteiger partial charge < -0.3 is 16.0 Å². The van der Waals surface area contributed by atoms with E-state index in [9.17, 15) is 9.59 Å².